The first-order chi connectivity index (χ1) is 9.33. The van der Waals surface area contributed by atoms with Crippen molar-refractivity contribution in [2.75, 3.05) is 18.4 Å². The van der Waals surface area contributed by atoms with Crippen molar-refractivity contribution in [2.45, 2.75) is 0 Å². The van der Waals surface area contributed by atoms with E-state index in [1.54, 1.807) is 0 Å². The summed E-state index contributed by atoms with van der Waals surface area (Å²) in [6.45, 7) is 1.70. The molecule has 0 unspecified atom stereocenters. The number of nitrogens with zero attached hydrogens (tertiary/aromatic N) is 1. The van der Waals surface area contributed by atoms with Crippen LogP contribution in [-0.4, -0.2) is 19.0 Å². The lowest BCUT2D eigenvalue weighted by Gasteiger charge is -2.13. The summed E-state index contributed by atoms with van der Waals surface area (Å²) >= 11 is 6.11. The number of hydrogen-bond acceptors (Lipinski definition) is 3. The van der Waals surface area contributed by atoms with Gasteiger partial charge in [0.15, 0.2) is 5.96 Å². The highest BCUT2D eigenvalue weighted by Gasteiger charge is 2.10. The minimum Gasteiger partial charge on any atom is -0.354 e. The van der Waals surface area contributed by atoms with Gasteiger partial charge in [0.2, 0.25) is 0 Å². The van der Waals surface area contributed by atoms with E-state index >= 15 is 0 Å². The van der Waals surface area contributed by atoms with Crippen LogP contribution in [0, 0.1) is 0 Å². The average Bonchev–Trinajstić information content (AvgIpc) is 2.95. The second-order valence-corrected chi connectivity index (χ2v) is 4.77. The van der Waals surface area contributed by atoms with Crippen molar-refractivity contribution in [3.8, 4) is 11.1 Å². The normalized spacial score (nSPS) is 13.8. The van der Waals surface area contributed by atoms with Crippen LogP contribution in [-0.2, 0) is 0 Å². The van der Waals surface area contributed by atoms with Gasteiger partial charge in [0.1, 0.15) is 0 Å². The monoisotopic (exact) mass is 271 g/mol. The third-order valence-electron chi connectivity index (χ3n) is 2.99. The minimum absolute atomic E-state index is 0.728. The SMILES string of the molecule is Clc1ccc(NC2=NCCN2)c(-c2ccccc2)c1. The highest BCUT2D eigenvalue weighted by atomic mass is 35.5. The molecule has 0 saturated heterocycles. The molecule has 3 rings (SSSR count). The van der Waals surface area contributed by atoms with E-state index in [4.69, 9.17) is 11.6 Å². The van der Waals surface area contributed by atoms with Crippen molar-refractivity contribution < 1.29 is 0 Å². The Morgan fingerprint density at radius 2 is 1.95 bits per heavy atom. The van der Waals surface area contributed by atoms with Crippen molar-refractivity contribution >= 4 is 23.2 Å². The highest BCUT2D eigenvalue weighted by molar-refractivity contribution is 6.31. The smallest absolute Gasteiger partial charge is 0.195 e. The van der Waals surface area contributed by atoms with Gasteiger partial charge in [-0.1, -0.05) is 41.9 Å². The maximum absolute atomic E-state index is 6.11. The zero-order valence-corrected chi connectivity index (χ0v) is 11.1. The molecule has 0 atom stereocenters. The molecule has 1 aliphatic rings. The van der Waals surface area contributed by atoms with Gasteiger partial charge in [-0.15, -0.1) is 0 Å². The molecule has 4 heteroatoms. The van der Waals surface area contributed by atoms with Crippen molar-refractivity contribution in [1.82, 2.24) is 5.32 Å². The molecule has 0 spiro atoms. The predicted octanol–water partition coefficient (Wildman–Crippen LogP) is 3.38. The topological polar surface area (TPSA) is 36.4 Å². The Morgan fingerprint density at radius 3 is 2.68 bits per heavy atom. The molecule has 2 N–H and O–H groups in total. The number of benzene rings is 2. The fourth-order valence-corrected chi connectivity index (χ4v) is 2.26. The summed E-state index contributed by atoms with van der Waals surface area (Å²) < 4.78 is 0. The molecule has 0 radical (unpaired) electrons. The van der Waals surface area contributed by atoms with Gasteiger partial charge in [-0.2, -0.15) is 0 Å². The van der Waals surface area contributed by atoms with Gasteiger partial charge in [-0.3, -0.25) is 4.99 Å². The first-order valence-electron chi connectivity index (χ1n) is 6.23. The number of guanidine groups is 1. The van der Waals surface area contributed by atoms with E-state index in [2.05, 4.69) is 27.8 Å². The molecule has 0 saturated carbocycles. The van der Waals surface area contributed by atoms with Crippen molar-refractivity contribution in [2.24, 2.45) is 4.99 Å². The maximum atomic E-state index is 6.11. The summed E-state index contributed by atoms with van der Waals surface area (Å²) in [5, 5.41) is 7.25. The third kappa shape index (κ3) is 2.71. The van der Waals surface area contributed by atoms with E-state index in [-0.39, 0.29) is 0 Å². The lowest BCUT2D eigenvalue weighted by molar-refractivity contribution is 0.959. The fraction of sp³-hybridized carbons (Fsp3) is 0.133. The molecule has 1 aliphatic heterocycles. The standard InChI is InChI=1S/C15H14ClN3/c16-12-6-7-14(19-15-17-8-9-18-15)13(10-12)11-4-2-1-3-5-11/h1-7,10H,8-9H2,(H2,17,18,19). The van der Waals surface area contributed by atoms with E-state index in [0.717, 1.165) is 40.9 Å². The van der Waals surface area contributed by atoms with Crippen LogP contribution < -0.4 is 10.6 Å². The van der Waals surface area contributed by atoms with E-state index in [1.807, 2.05) is 36.4 Å². The Kier molecular flexibility index (Phi) is 3.38. The Labute approximate surface area is 117 Å². The van der Waals surface area contributed by atoms with E-state index < -0.39 is 0 Å². The van der Waals surface area contributed by atoms with Crippen LogP contribution in [0.15, 0.2) is 53.5 Å². The summed E-state index contributed by atoms with van der Waals surface area (Å²) in [5.74, 6) is 0.819. The van der Waals surface area contributed by atoms with E-state index in [1.165, 1.54) is 0 Å². The molecule has 1 heterocycles. The Morgan fingerprint density at radius 1 is 1.11 bits per heavy atom. The molecule has 0 aliphatic carbocycles. The molecule has 0 aromatic heterocycles. The van der Waals surface area contributed by atoms with Crippen LogP contribution in [0.25, 0.3) is 11.1 Å². The quantitative estimate of drug-likeness (QED) is 0.879. The summed E-state index contributed by atoms with van der Waals surface area (Å²) in [7, 11) is 0. The molecule has 0 fully saturated rings. The van der Waals surface area contributed by atoms with Crippen molar-refractivity contribution in [3.05, 3.63) is 53.6 Å². The number of rotatable bonds is 2. The van der Waals surface area contributed by atoms with Crippen LogP contribution in [0.3, 0.4) is 0 Å². The number of aliphatic imine (C=N–C) groups is 1. The van der Waals surface area contributed by atoms with Crippen molar-refractivity contribution in [3.63, 3.8) is 0 Å². The molecule has 0 amide bonds. The largest absolute Gasteiger partial charge is 0.354 e. The molecule has 2 aromatic carbocycles. The average molecular weight is 272 g/mol. The summed E-state index contributed by atoms with van der Waals surface area (Å²) in [5.41, 5.74) is 3.21. The summed E-state index contributed by atoms with van der Waals surface area (Å²) in [6.07, 6.45) is 0. The molecule has 0 bridgehead atoms. The number of anilines is 1. The van der Waals surface area contributed by atoms with Gasteiger partial charge < -0.3 is 10.6 Å². The fourth-order valence-electron chi connectivity index (χ4n) is 2.09. The zero-order chi connectivity index (χ0) is 13.1. The van der Waals surface area contributed by atoms with E-state index in [9.17, 15) is 0 Å². The maximum Gasteiger partial charge on any atom is 0.195 e. The zero-order valence-electron chi connectivity index (χ0n) is 10.4. The second-order valence-electron chi connectivity index (χ2n) is 4.34. The lowest BCUT2D eigenvalue weighted by atomic mass is 10.0. The summed E-state index contributed by atoms with van der Waals surface area (Å²) in [6, 6.07) is 16.0. The predicted molar refractivity (Wildman–Crippen MR) is 80.8 cm³/mol. The van der Waals surface area contributed by atoms with Crippen LogP contribution >= 0.6 is 11.6 Å². The Balaban J connectivity index is 1.99. The van der Waals surface area contributed by atoms with Gasteiger partial charge in [-0.25, -0.2) is 0 Å². The molecular formula is C15H14ClN3. The van der Waals surface area contributed by atoms with Gasteiger partial charge in [0.25, 0.3) is 0 Å². The number of halogens is 1. The highest BCUT2D eigenvalue weighted by Crippen LogP contribution is 2.30. The second kappa shape index (κ2) is 5.33. The molecular weight excluding hydrogens is 258 g/mol. The van der Waals surface area contributed by atoms with Crippen molar-refractivity contribution in [1.29, 1.82) is 0 Å². The Bertz CT molecular complexity index is 608. The lowest BCUT2D eigenvalue weighted by Crippen LogP contribution is -2.26. The van der Waals surface area contributed by atoms with Crippen LogP contribution in [0.1, 0.15) is 0 Å². The first-order valence-corrected chi connectivity index (χ1v) is 6.61. The van der Waals surface area contributed by atoms with Gasteiger partial charge in [-0.05, 0) is 23.8 Å². The third-order valence-corrected chi connectivity index (χ3v) is 3.23. The van der Waals surface area contributed by atoms with Crippen LogP contribution in [0.2, 0.25) is 5.02 Å². The molecule has 96 valence electrons. The van der Waals surface area contributed by atoms with E-state index in [0.29, 0.717) is 0 Å². The first kappa shape index (κ1) is 12.1. The van der Waals surface area contributed by atoms with Crippen LogP contribution in [0.5, 0.6) is 0 Å². The summed E-state index contributed by atoms with van der Waals surface area (Å²) in [4.78, 5) is 4.35. The van der Waals surface area contributed by atoms with Gasteiger partial charge >= 0.3 is 0 Å². The number of hydrogen-bond donors (Lipinski definition) is 2. The minimum atomic E-state index is 0.728. The molecule has 3 nitrogen and oxygen atoms in total. The Hall–Kier alpha value is -2.00. The van der Waals surface area contributed by atoms with Crippen LogP contribution in [0.4, 0.5) is 5.69 Å². The van der Waals surface area contributed by atoms with Gasteiger partial charge in [0, 0.05) is 22.8 Å². The molecule has 19 heavy (non-hydrogen) atoms. The number of nitrogens with one attached hydrogen (secondary N) is 2. The molecule has 2 aromatic rings. The van der Waals surface area contributed by atoms with Gasteiger partial charge in [0.05, 0.1) is 6.54 Å².